The van der Waals surface area contributed by atoms with Gasteiger partial charge in [0.25, 0.3) is 5.95 Å². The topological polar surface area (TPSA) is 77.4 Å². The van der Waals surface area contributed by atoms with Crippen LogP contribution in [-0.2, 0) is 11.2 Å². The number of ether oxygens (including phenoxy) is 1. The van der Waals surface area contributed by atoms with E-state index in [-0.39, 0.29) is 6.10 Å². The third-order valence-corrected chi connectivity index (χ3v) is 2.50. The summed E-state index contributed by atoms with van der Waals surface area (Å²) in [5.41, 5.74) is 5.52. The Kier molecular flexibility index (Phi) is 5.21. The highest BCUT2D eigenvalue weighted by molar-refractivity contribution is 5.26. The molecular formula is C10H20N4O2. The summed E-state index contributed by atoms with van der Waals surface area (Å²) < 4.78 is 10.3. The van der Waals surface area contributed by atoms with Crippen LogP contribution in [0, 0.1) is 0 Å². The Balaban J connectivity index is 2.63. The Hall–Kier alpha value is -1.14. The standard InChI is InChI=1S/C10H20N4O2/c1-4-14(5-2)10-12-9(16-13-10)6-8(7-11)15-3/h8H,4-7,11H2,1-3H3. The zero-order valence-corrected chi connectivity index (χ0v) is 10.1. The number of rotatable bonds is 7. The van der Waals surface area contributed by atoms with Gasteiger partial charge in [0.05, 0.1) is 12.5 Å². The molecule has 0 spiro atoms. The fourth-order valence-electron chi connectivity index (χ4n) is 1.42. The molecule has 0 aliphatic carbocycles. The first kappa shape index (κ1) is 12.9. The van der Waals surface area contributed by atoms with E-state index in [2.05, 4.69) is 24.0 Å². The van der Waals surface area contributed by atoms with Crippen molar-refractivity contribution in [3.05, 3.63) is 5.89 Å². The van der Waals surface area contributed by atoms with Crippen LogP contribution in [0.4, 0.5) is 5.95 Å². The average molecular weight is 228 g/mol. The molecule has 1 aromatic heterocycles. The second-order valence-electron chi connectivity index (χ2n) is 3.46. The Bertz CT molecular complexity index is 295. The van der Waals surface area contributed by atoms with Crippen molar-refractivity contribution >= 4 is 5.95 Å². The van der Waals surface area contributed by atoms with Gasteiger partial charge in [-0.1, -0.05) is 0 Å². The summed E-state index contributed by atoms with van der Waals surface area (Å²) in [6, 6.07) is 0. The molecule has 0 saturated carbocycles. The SMILES string of the molecule is CCN(CC)c1noc(CC(CN)OC)n1. The lowest BCUT2D eigenvalue weighted by Gasteiger charge is -2.14. The molecule has 0 radical (unpaired) electrons. The minimum atomic E-state index is -0.0648. The molecule has 0 bridgehead atoms. The zero-order valence-electron chi connectivity index (χ0n) is 10.1. The summed E-state index contributed by atoms with van der Waals surface area (Å²) in [5, 5.41) is 3.92. The van der Waals surface area contributed by atoms with Crippen LogP contribution >= 0.6 is 0 Å². The van der Waals surface area contributed by atoms with E-state index in [1.54, 1.807) is 7.11 Å². The van der Waals surface area contributed by atoms with E-state index in [0.717, 1.165) is 13.1 Å². The quantitative estimate of drug-likeness (QED) is 0.729. The molecule has 0 aromatic carbocycles. The van der Waals surface area contributed by atoms with Gasteiger partial charge < -0.3 is 19.9 Å². The highest BCUT2D eigenvalue weighted by Crippen LogP contribution is 2.10. The fourth-order valence-corrected chi connectivity index (χ4v) is 1.42. The van der Waals surface area contributed by atoms with Crippen LogP contribution in [0.15, 0.2) is 4.52 Å². The maximum absolute atomic E-state index is 5.52. The fraction of sp³-hybridized carbons (Fsp3) is 0.800. The summed E-state index contributed by atoms with van der Waals surface area (Å²) >= 11 is 0. The number of anilines is 1. The summed E-state index contributed by atoms with van der Waals surface area (Å²) in [6.07, 6.45) is 0.492. The van der Waals surface area contributed by atoms with Gasteiger partial charge in [0, 0.05) is 26.7 Å². The molecule has 1 atom stereocenters. The van der Waals surface area contributed by atoms with Crippen molar-refractivity contribution in [2.45, 2.75) is 26.4 Å². The molecular weight excluding hydrogens is 208 g/mol. The molecule has 92 valence electrons. The van der Waals surface area contributed by atoms with E-state index in [1.165, 1.54) is 0 Å². The summed E-state index contributed by atoms with van der Waals surface area (Å²) in [4.78, 5) is 6.33. The van der Waals surface area contributed by atoms with E-state index in [9.17, 15) is 0 Å². The van der Waals surface area contributed by atoms with E-state index < -0.39 is 0 Å². The van der Waals surface area contributed by atoms with Crippen molar-refractivity contribution in [1.29, 1.82) is 0 Å². The zero-order chi connectivity index (χ0) is 12.0. The van der Waals surface area contributed by atoms with Crippen molar-refractivity contribution in [3.8, 4) is 0 Å². The van der Waals surface area contributed by atoms with Crippen LogP contribution in [0.25, 0.3) is 0 Å². The number of aromatic nitrogens is 2. The van der Waals surface area contributed by atoms with Crippen LogP contribution in [0.5, 0.6) is 0 Å². The largest absolute Gasteiger partial charge is 0.380 e. The molecule has 6 nitrogen and oxygen atoms in total. The van der Waals surface area contributed by atoms with Gasteiger partial charge in [-0.15, -0.1) is 0 Å². The van der Waals surface area contributed by atoms with Crippen LogP contribution in [0.2, 0.25) is 0 Å². The second kappa shape index (κ2) is 6.44. The highest BCUT2D eigenvalue weighted by Gasteiger charge is 2.15. The van der Waals surface area contributed by atoms with Gasteiger partial charge in [-0.25, -0.2) is 0 Å². The Morgan fingerprint density at radius 1 is 1.44 bits per heavy atom. The minimum Gasteiger partial charge on any atom is -0.380 e. The van der Waals surface area contributed by atoms with Gasteiger partial charge in [-0.05, 0) is 19.0 Å². The number of methoxy groups -OCH3 is 1. The molecule has 0 aliphatic rings. The van der Waals surface area contributed by atoms with E-state index in [0.29, 0.717) is 24.8 Å². The summed E-state index contributed by atoms with van der Waals surface area (Å²) in [7, 11) is 1.62. The highest BCUT2D eigenvalue weighted by atomic mass is 16.5. The smallest absolute Gasteiger partial charge is 0.266 e. The molecule has 1 heterocycles. The third kappa shape index (κ3) is 3.18. The van der Waals surface area contributed by atoms with E-state index in [4.69, 9.17) is 15.0 Å². The summed E-state index contributed by atoms with van der Waals surface area (Å²) in [6.45, 7) is 6.27. The Morgan fingerprint density at radius 3 is 2.62 bits per heavy atom. The van der Waals surface area contributed by atoms with Crippen molar-refractivity contribution < 1.29 is 9.26 Å². The van der Waals surface area contributed by atoms with Crippen molar-refractivity contribution in [3.63, 3.8) is 0 Å². The lowest BCUT2D eigenvalue weighted by atomic mass is 10.2. The third-order valence-electron chi connectivity index (χ3n) is 2.50. The summed E-state index contributed by atoms with van der Waals surface area (Å²) in [5.74, 6) is 1.20. The second-order valence-corrected chi connectivity index (χ2v) is 3.46. The van der Waals surface area contributed by atoms with E-state index >= 15 is 0 Å². The normalized spacial score (nSPS) is 12.8. The molecule has 6 heteroatoms. The molecule has 0 amide bonds. The van der Waals surface area contributed by atoms with Crippen molar-refractivity contribution in [2.24, 2.45) is 5.73 Å². The van der Waals surface area contributed by atoms with Gasteiger partial charge in [0.2, 0.25) is 5.89 Å². The number of hydrogen-bond donors (Lipinski definition) is 1. The van der Waals surface area contributed by atoms with Gasteiger partial charge in [-0.3, -0.25) is 0 Å². The lowest BCUT2D eigenvalue weighted by molar-refractivity contribution is 0.102. The number of nitrogens with two attached hydrogens (primary N) is 1. The Labute approximate surface area is 95.7 Å². The predicted molar refractivity (Wildman–Crippen MR) is 61.4 cm³/mol. The van der Waals surface area contributed by atoms with Gasteiger partial charge in [0.15, 0.2) is 0 Å². The van der Waals surface area contributed by atoms with Crippen LogP contribution in [0.3, 0.4) is 0 Å². The molecule has 1 aromatic rings. The van der Waals surface area contributed by atoms with Crippen LogP contribution in [-0.4, -0.2) is 43.0 Å². The first-order valence-electron chi connectivity index (χ1n) is 5.55. The molecule has 0 saturated heterocycles. The maximum Gasteiger partial charge on any atom is 0.266 e. The number of hydrogen-bond acceptors (Lipinski definition) is 6. The maximum atomic E-state index is 5.52. The molecule has 0 aliphatic heterocycles. The van der Waals surface area contributed by atoms with Crippen molar-refractivity contribution in [1.82, 2.24) is 10.1 Å². The lowest BCUT2D eigenvalue weighted by Crippen LogP contribution is -2.25. The van der Waals surface area contributed by atoms with Crippen molar-refractivity contribution in [2.75, 3.05) is 31.6 Å². The predicted octanol–water partition coefficient (Wildman–Crippen LogP) is 0.432. The van der Waals surface area contributed by atoms with Gasteiger partial charge in [0.1, 0.15) is 0 Å². The average Bonchev–Trinajstić information content (AvgIpc) is 2.76. The van der Waals surface area contributed by atoms with Crippen LogP contribution in [0.1, 0.15) is 19.7 Å². The molecule has 2 N–H and O–H groups in total. The first-order chi connectivity index (χ1) is 7.74. The molecule has 1 unspecified atom stereocenters. The molecule has 0 fully saturated rings. The number of nitrogens with zero attached hydrogens (tertiary/aromatic N) is 3. The Morgan fingerprint density at radius 2 is 2.12 bits per heavy atom. The molecule has 1 rings (SSSR count). The van der Waals surface area contributed by atoms with Crippen LogP contribution < -0.4 is 10.6 Å². The minimum absolute atomic E-state index is 0.0648. The monoisotopic (exact) mass is 228 g/mol. The first-order valence-corrected chi connectivity index (χ1v) is 5.55. The van der Waals surface area contributed by atoms with Gasteiger partial charge in [-0.2, -0.15) is 4.98 Å². The molecule has 16 heavy (non-hydrogen) atoms. The van der Waals surface area contributed by atoms with E-state index in [1.807, 2.05) is 4.90 Å². The van der Waals surface area contributed by atoms with Gasteiger partial charge >= 0.3 is 0 Å².